The van der Waals surface area contributed by atoms with Crippen LogP contribution in [0.15, 0.2) is 30.3 Å². The zero-order valence-corrected chi connectivity index (χ0v) is 12.0. The zero-order valence-electron chi connectivity index (χ0n) is 12.0. The van der Waals surface area contributed by atoms with Gasteiger partial charge in [-0.1, -0.05) is 37.3 Å². The first-order valence-corrected chi connectivity index (χ1v) is 6.91. The molecule has 21 heavy (non-hydrogen) atoms. The van der Waals surface area contributed by atoms with E-state index in [-0.39, 0.29) is 6.61 Å². The lowest BCUT2D eigenvalue weighted by Crippen LogP contribution is -2.44. The van der Waals surface area contributed by atoms with Crippen LogP contribution in [0.4, 0.5) is 4.79 Å². The van der Waals surface area contributed by atoms with Crippen LogP contribution in [0, 0.1) is 0 Å². The van der Waals surface area contributed by atoms with Gasteiger partial charge >= 0.3 is 12.0 Å². The van der Waals surface area contributed by atoms with Crippen LogP contribution in [-0.2, 0) is 14.3 Å². The van der Waals surface area contributed by atoms with Crippen LogP contribution in [-0.4, -0.2) is 35.5 Å². The molecule has 6 nitrogen and oxygen atoms in total. The van der Waals surface area contributed by atoms with E-state index >= 15 is 0 Å². The van der Waals surface area contributed by atoms with E-state index in [2.05, 4.69) is 5.32 Å². The Balaban J connectivity index is 2.13. The smallest absolute Gasteiger partial charge is 0.329 e. The van der Waals surface area contributed by atoms with Gasteiger partial charge in [0.1, 0.15) is 12.1 Å². The Kier molecular flexibility index (Phi) is 4.57. The van der Waals surface area contributed by atoms with Crippen molar-refractivity contribution in [3.63, 3.8) is 0 Å². The molecule has 1 aliphatic heterocycles. The first-order valence-electron chi connectivity index (χ1n) is 6.91. The number of carbonyl (C=O) groups is 3. The first kappa shape index (κ1) is 15.0. The molecule has 0 saturated carbocycles. The highest BCUT2D eigenvalue weighted by Crippen LogP contribution is 2.23. The van der Waals surface area contributed by atoms with Gasteiger partial charge in [0.05, 0.1) is 6.61 Å². The number of hydrogen-bond donors (Lipinski definition) is 1. The summed E-state index contributed by atoms with van der Waals surface area (Å²) in [5, 5.41) is 2.59. The molecule has 1 aliphatic rings. The number of rotatable bonds is 5. The number of amides is 3. The second kappa shape index (κ2) is 6.39. The zero-order chi connectivity index (χ0) is 15.4. The van der Waals surface area contributed by atoms with Crippen LogP contribution >= 0.6 is 0 Å². The van der Waals surface area contributed by atoms with Crippen LogP contribution in [0.2, 0.25) is 0 Å². The van der Waals surface area contributed by atoms with Gasteiger partial charge < -0.3 is 10.1 Å². The van der Waals surface area contributed by atoms with E-state index in [9.17, 15) is 14.4 Å². The molecule has 0 radical (unpaired) electrons. The summed E-state index contributed by atoms with van der Waals surface area (Å²) in [5.41, 5.74) is 0.687. The van der Waals surface area contributed by atoms with Gasteiger partial charge in [0, 0.05) is 0 Å². The number of carbonyl (C=O) groups excluding carboxylic acids is 3. The minimum atomic E-state index is -0.933. The Morgan fingerprint density at radius 1 is 1.33 bits per heavy atom. The SMILES string of the molecule is CCCOC(=O)C(C)N1C(=O)NC(c2ccccc2)C1=O. The minimum Gasteiger partial charge on any atom is -0.464 e. The molecule has 0 bridgehead atoms. The van der Waals surface area contributed by atoms with Crippen LogP contribution < -0.4 is 5.32 Å². The number of benzene rings is 1. The standard InChI is InChI=1S/C15H18N2O4/c1-3-9-21-14(19)10(2)17-13(18)12(16-15(17)20)11-7-5-4-6-8-11/h4-8,10,12H,3,9H2,1-2H3,(H,16,20). The van der Waals surface area contributed by atoms with E-state index < -0.39 is 30.0 Å². The Labute approximate surface area is 123 Å². The molecule has 6 heteroatoms. The molecule has 1 aromatic carbocycles. The Hall–Kier alpha value is -2.37. The molecule has 2 atom stereocenters. The second-order valence-corrected chi connectivity index (χ2v) is 4.84. The highest BCUT2D eigenvalue weighted by atomic mass is 16.5. The molecule has 3 amide bonds. The highest BCUT2D eigenvalue weighted by Gasteiger charge is 2.43. The van der Waals surface area contributed by atoms with E-state index in [0.717, 1.165) is 4.90 Å². The lowest BCUT2D eigenvalue weighted by molar-refractivity contribution is -0.151. The number of nitrogens with one attached hydrogen (secondary N) is 1. The molecule has 1 heterocycles. The van der Waals surface area contributed by atoms with Gasteiger partial charge in [0.25, 0.3) is 5.91 Å². The summed E-state index contributed by atoms with van der Waals surface area (Å²) in [6.45, 7) is 3.63. The summed E-state index contributed by atoms with van der Waals surface area (Å²) in [7, 11) is 0. The van der Waals surface area contributed by atoms with E-state index in [1.807, 2.05) is 13.0 Å². The molecule has 2 rings (SSSR count). The van der Waals surface area contributed by atoms with E-state index in [4.69, 9.17) is 4.74 Å². The third kappa shape index (κ3) is 3.04. The van der Waals surface area contributed by atoms with Crippen LogP contribution in [0.25, 0.3) is 0 Å². The normalized spacial score (nSPS) is 19.3. The van der Waals surface area contributed by atoms with Gasteiger partial charge in [-0.2, -0.15) is 0 Å². The molecule has 0 spiro atoms. The van der Waals surface area contributed by atoms with E-state index in [1.165, 1.54) is 6.92 Å². The van der Waals surface area contributed by atoms with Gasteiger partial charge in [0.2, 0.25) is 0 Å². The molecule has 1 saturated heterocycles. The maximum Gasteiger partial charge on any atom is 0.329 e. The summed E-state index contributed by atoms with van der Waals surface area (Å²) in [6, 6.07) is 6.66. The van der Waals surface area contributed by atoms with Crippen LogP contribution in [0.1, 0.15) is 31.9 Å². The molecule has 2 unspecified atom stereocenters. The van der Waals surface area contributed by atoms with Crippen molar-refractivity contribution < 1.29 is 19.1 Å². The quantitative estimate of drug-likeness (QED) is 0.660. The summed E-state index contributed by atoms with van der Waals surface area (Å²) >= 11 is 0. The third-order valence-electron chi connectivity index (χ3n) is 3.28. The van der Waals surface area contributed by atoms with Crippen LogP contribution in [0.5, 0.6) is 0 Å². The Morgan fingerprint density at radius 2 is 2.00 bits per heavy atom. The minimum absolute atomic E-state index is 0.273. The molecule has 1 fully saturated rings. The summed E-state index contributed by atoms with van der Waals surface area (Å²) in [4.78, 5) is 37.1. The van der Waals surface area contributed by atoms with E-state index in [0.29, 0.717) is 12.0 Å². The van der Waals surface area contributed by atoms with Gasteiger partial charge in [-0.05, 0) is 18.9 Å². The summed E-state index contributed by atoms with van der Waals surface area (Å²) in [6.07, 6.45) is 0.686. The van der Waals surface area contributed by atoms with Crippen molar-refractivity contribution in [2.45, 2.75) is 32.4 Å². The largest absolute Gasteiger partial charge is 0.464 e. The predicted octanol–water partition coefficient (Wildman–Crippen LogP) is 1.62. The van der Waals surface area contributed by atoms with Crippen molar-refractivity contribution in [3.8, 4) is 0 Å². The number of esters is 1. The van der Waals surface area contributed by atoms with Gasteiger partial charge in [0.15, 0.2) is 0 Å². The molecule has 0 aromatic heterocycles. The first-order chi connectivity index (χ1) is 10.1. The Morgan fingerprint density at radius 3 is 2.62 bits per heavy atom. The number of hydrogen-bond acceptors (Lipinski definition) is 4. The van der Waals surface area contributed by atoms with Crippen molar-refractivity contribution in [2.24, 2.45) is 0 Å². The fourth-order valence-corrected chi connectivity index (χ4v) is 2.16. The molecular weight excluding hydrogens is 272 g/mol. The number of urea groups is 1. The average Bonchev–Trinajstić information content (AvgIpc) is 2.80. The number of ether oxygens (including phenoxy) is 1. The van der Waals surface area contributed by atoms with Crippen molar-refractivity contribution in [1.29, 1.82) is 0 Å². The van der Waals surface area contributed by atoms with Crippen molar-refractivity contribution in [3.05, 3.63) is 35.9 Å². The molecule has 1 N–H and O–H groups in total. The van der Waals surface area contributed by atoms with Gasteiger partial charge in [-0.25, -0.2) is 14.5 Å². The molecule has 112 valence electrons. The maximum absolute atomic E-state index is 12.4. The average molecular weight is 290 g/mol. The summed E-state index contributed by atoms with van der Waals surface area (Å²) < 4.78 is 4.99. The number of nitrogens with zero attached hydrogens (tertiary/aromatic N) is 1. The second-order valence-electron chi connectivity index (χ2n) is 4.84. The highest BCUT2D eigenvalue weighted by molar-refractivity contribution is 6.07. The van der Waals surface area contributed by atoms with Crippen molar-refractivity contribution in [1.82, 2.24) is 10.2 Å². The number of imide groups is 1. The van der Waals surface area contributed by atoms with E-state index in [1.54, 1.807) is 24.3 Å². The molecule has 0 aliphatic carbocycles. The van der Waals surface area contributed by atoms with Crippen LogP contribution in [0.3, 0.4) is 0 Å². The third-order valence-corrected chi connectivity index (χ3v) is 3.28. The lowest BCUT2D eigenvalue weighted by Gasteiger charge is -2.19. The van der Waals surface area contributed by atoms with Gasteiger partial charge in [-0.3, -0.25) is 4.79 Å². The molecular formula is C15H18N2O4. The topological polar surface area (TPSA) is 75.7 Å². The Bertz CT molecular complexity index is 544. The fraction of sp³-hybridized carbons (Fsp3) is 0.400. The predicted molar refractivity (Wildman–Crippen MR) is 75.3 cm³/mol. The maximum atomic E-state index is 12.4. The monoisotopic (exact) mass is 290 g/mol. The molecule has 1 aromatic rings. The van der Waals surface area contributed by atoms with Crippen molar-refractivity contribution >= 4 is 17.9 Å². The van der Waals surface area contributed by atoms with Gasteiger partial charge in [-0.15, -0.1) is 0 Å². The lowest BCUT2D eigenvalue weighted by atomic mass is 10.1. The summed E-state index contributed by atoms with van der Waals surface area (Å²) in [5.74, 6) is -1.01. The van der Waals surface area contributed by atoms with Crippen molar-refractivity contribution in [2.75, 3.05) is 6.61 Å². The fourth-order valence-electron chi connectivity index (χ4n) is 2.16.